The van der Waals surface area contributed by atoms with E-state index in [0.717, 1.165) is 11.3 Å². The van der Waals surface area contributed by atoms with Gasteiger partial charge in [0.1, 0.15) is 5.69 Å². The molecular formula is C24H24ClN7O2. The number of aryl methyl sites for hydroxylation is 1. The first-order valence-electron chi connectivity index (χ1n) is 10.6. The van der Waals surface area contributed by atoms with Gasteiger partial charge in [0.15, 0.2) is 0 Å². The maximum atomic E-state index is 12.9. The molecule has 2 heterocycles. The molecule has 0 radical (unpaired) electrons. The zero-order valence-electron chi connectivity index (χ0n) is 19.1. The van der Waals surface area contributed by atoms with Crippen molar-refractivity contribution < 1.29 is 9.59 Å². The number of halogens is 1. The Morgan fingerprint density at radius 1 is 1.21 bits per heavy atom. The monoisotopic (exact) mass is 477 g/mol. The number of nitrogens with two attached hydrogens (primary N) is 1. The predicted molar refractivity (Wildman–Crippen MR) is 131 cm³/mol. The molecule has 4 rings (SSSR count). The highest BCUT2D eigenvalue weighted by Gasteiger charge is 2.30. The molecule has 1 aliphatic heterocycles. The summed E-state index contributed by atoms with van der Waals surface area (Å²) in [7, 11) is 3.79. The average Bonchev–Trinajstić information content (AvgIpc) is 3.18. The first-order valence-corrected chi connectivity index (χ1v) is 11.0. The van der Waals surface area contributed by atoms with Gasteiger partial charge < -0.3 is 20.9 Å². The van der Waals surface area contributed by atoms with Crippen LogP contribution in [0.2, 0.25) is 5.02 Å². The summed E-state index contributed by atoms with van der Waals surface area (Å²) in [5, 5.41) is 17.1. The van der Waals surface area contributed by atoms with Crippen LogP contribution in [0.5, 0.6) is 0 Å². The lowest BCUT2D eigenvalue weighted by Gasteiger charge is -2.28. The topological polar surface area (TPSA) is 120 Å². The first-order chi connectivity index (χ1) is 16.2. The summed E-state index contributed by atoms with van der Waals surface area (Å²) in [5.74, 6) is -0.618. The van der Waals surface area contributed by atoms with Crippen molar-refractivity contribution in [2.45, 2.75) is 20.0 Å². The number of hydrogen-bond acceptors (Lipinski definition) is 5. The van der Waals surface area contributed by atoms with Crippen LogP contribution in [0.3, 0.4) is 0 Å². The number of nitrogens with zero attached hydrogens (tertiary/aromatic N) is 5. The number of nitrogens with one attached hydrogen (secondary N) is 1. The van der Waals surface area contributed by atoms with Gasteiger partial charge in [-0.25, -0.2) is 4.79 Å². The second-order valence-electron chi connectivity index (χ2n) is 8.34. The highest BCUT2D eigenvalue weighted by molar-refractivity contribution is 6.31. The van der Waals surface area contributed by atoms with Crippen LogP contribution in [0, 0.1) is 18.3 Å². The van der Waals surface area contributed by atoms with Crippen LogP contribution in [-0.2, 0) is 13.1 Å². The van der Waals surface area contributed by atoms with Crippen molar-refractivity contribution in [1.82, 2.24) is 14.7 Å². The molecular weight excluding hydrogens is 454 g/mol. The van der Waals surface area contributed by atoms with E-state index in [0.29, 0.717) is 46.3 Å². The number of rotatable bonds is 4. The Morgan fingerprint density at radius 2 is 1.97 bits per heavy atom. The third-order valence-corrected chi connectivity index (χ3v) is 6.00. The Bertz CT molecular complexity index is 1340. The molecule has 0 saturated heterocycles. The minimum absolute atomic E-state index is 0.174. The molecule has 0 saturated carbocycles. The van der Waals surface area contributed by atoms with Gasteiger partial charge in [0.25, 0.3) is 5.91 Å². The van der Waals surface area contributed by atoms with Crippen LogP contribution in [0.25, 0.3) is 11.3 Å². The normalized spacial score (nSPS) is 12.6. The van der Waals surface area contributed by atoms with Crippen molar-refractivity contribution in [2.75, 3.05) is 30.9 Å². The number of carbonyl (C=O) groups excluding carboxylic acids is 2. The van der Waals surface area contributed by atoms with E-state index in [1.165, 1.54) is 0 Å². The number of primary amides is 1. The Labute approximate surface area is 202 Å². The van der Waals surface area contributed by atoms with Crippen LogP contribution < -0.4 is 16.0 Å². The molecule has 3 aromatic rings. The van der Waals surface area contributed by atoms with Gasteiger partial charge >= 0.3 is 6.03 Å². The van der Waals surface area contributed by atoms with E-state index in [1.54, 1.807) is 33.8 Å². The smallest absolute Gasteiger partial charge is 0.322 e. The SMILES string of the molecule is Cc1cc(NC(=O)N2CCn3nc(-c4cc(Cl)cc(N(C)C)c4)c(C(N)=O)c3C2)ccc1C#N. The molecule has 1 aliphatic rings. The summed E-state index contributed by atoms with van der Waals surface area (Å²) < 4.78 is 1.72. The molecule has 0 atom stereocenters. The third-order valence-electron chi connectivity index (χ3n) is 5.78. The van der Waals surface area contributed by atoms with E-state index >= 15 is 0 Å². The molecule has 0 aliphatic carbocycles. The van der Waals surface area contributed by atoms with Crippen LogP contribution >= 0.6 is 11.6 Å². The van der Waals surface area contributed by atoms with Crippen LogP contribution in [-0.4, -0.2) is 47.3 Å². The number of anilines is 2. The molecule has 10 heteroatoms. The van der Waals surface area contributed by atoms with E-state index < -0.39 is 5.91 Å². The van der Waals surface area contributed by atoms with Crippen molar-refractivity contribution in [2.24, 2.45) is 5.73 Å². The molecule has 0 bridgehead atoms. The number of nitriles is 1. The van der Waals surface area contributed by atoms with Gasteiger partial charge in [-0.2, -0.15) is 10.4 Å². The summed E-state index contributed by atoms with van der Waals surface area (Å²) in [6, 6.07) is 12.4. The number of aromatic nitrogens is 2. The zero-order valence-corrected chi connectivity index (χ0v) is 19.8. The van der Waals surface area contributed by atoms with Gasteiger partial charge in [-0.1, -0.05) is 11.6 Å². The van der Waals surface area contributed by atoms with Gasteiger partial charge in [0.05, 0.1) is 36.0 Å². The van der Waals surface area contributed by atoms with E-state index in [2.05, 4.69) is 16.5 Å². The maximum Gasteiger partial charge on any atom is 0.322 e. The number of amides is 3. The Kier molecular flexibility index (Phi) is 6.18. The fourth-order valence-electron chi connectivity index (χ4n) is 3.99. The van der Waals surface area contributed by atoms with Gasteiger partial charge in [-0.05, 0) is 48.9 Å². The van der Waals surface area contributed by atoms with Crippen molar-refractivity contribution in [3.05, 3.63) is 63.8 Å². The number of urea groups is 1. The molecule has 1 aromatic heterocycles. The zero-order chi connectivity index (χ0) is 24.6. The van der Waals surface area contributed by atoms with Crippen molar-refractivity contribution in [3.63, 3.8) is 0 Å². The fourth-order valence-corrected chi connectivity index (χ4v) is 4.22. The summed E-state index contributed by atoms with van der Waals surface area (Å²) >= 11 is 6.32. The van der Waals surface area contributed by atoms with E-state index in [1.807, 2.05) is 38.1 Å². The summed E-state index contributed by atoms with van der Waals surface area (Å²) in [5.41, 5.74) is 10.5. The standard InChI is InChI=1S/C24H24ClN7O2/c1-14-8-18(5-4-15(14)12-26)28-24(34)31-6-7-32-20(13-31)21(23(27)33)22(29-32)16-9-17(25)11-19(10-16)30(2)3/h4-5,8-11H,6-7,13H2,1-3H3,(H2,27,33)(H,28,34). The second kappa shape index (κ2) is 9.08. The third kappa shape index (κ3) is 4.40. The molecule has 2 aromatic carbocycles. The largest absolute Gasteiger partial charge is 0.378 e. The van der Waals surface area contributed by atoms with E-state index in [4.69, 9.17) is 22.6 Å². The Balaban J connectivity index is 1.64. The van der Waals surface area contributed by atoms with E-state index in [-0.39, 0.29) is 18.1 Å². The molecule has 0 unspecified atom stereocenters. The summed E-state index contributed by atoms with van der Waals surface area (Å²) in [6.07, 6.45) is 0. The van der Waals surface area contributed by atoms with Crippen LogP contribution in [0.1, 0.15) is 27.2 Å². The quantitative estimate of drug-likeness (QED) is 0.594. The van der Waals surface area contributed by atoms with Crippen molar-refractivity contribution in [1.29, 1.82) is 5.26 Å². The van der Waals surface area contributed by atoms with Gasteiger partial charge in [0, 0.05) is 42.6 Å². The highest BCUT2D eigenvalue weighted by atomic mass is 35.5. The number of carbonyl (C=O) groups is 2. The summed E-state index contributed by atoms with van der Waals surface area (Å²) in [4.78, 5) is 28.9. The summed E-state index contributed by atoms with van der Waals surface area (Å²) in [6.45, 7) is 2.81. The molecule has 0 fully saturated rings. The van der Waals surface area contributed by atoms with Crippen molar-refractivity contribution in [3.8, 4) is 17.3 Å². The lowest BCUT2D eigenvalue weighted by Crippen LogP contribution is -2.41. The lowest BCUT2D eigenvalue weighted by atomic mass is 10.0. The number of hydrogen-bond donors (Lipinski definition) is 2. The van der Waals surface area contributed by atoms with Gasteiger partial charge in [-0.3, -0.25) is 9.48 Å². The number of benzene rings is 2. The Hall–Kier alpha value is -4.03. The highest BCUT2D eigenvalue weighted by Crippen LogP contribution is 2.33. The Morgan fingerprint density at radius 3 is 2.62 bits per heavy atom. The molecule has 0 spiro atoms. The fraction of sp³-hybridized carbons (Fsp3) is 0.250. The lowest BCUT2D eigenvalue weighted by molar-refractivity contribution is 0.0997. The number of fused-ring (bicyclic) bond motifs is 1. The molecule has 34 heavy (non-hydrogen) atoms. The van der Waals surface area contributed by atoms with Crippen LogP contribution in [0.15, 0.2) is 36.4 Å². The maximum absolute atomic E-state index is 12.9. The molecule has 9 nitrogen and oxygen atoms in total. The molecule has 174 valence electrons. The van der Waals surface area contributed by atoms with Crippen LogP contribution in [0.4, 0.5) is 16.2 Å². The minimum atomic E-state index is -0.618. The second-order valence-corrected chi connectivity index (χ2v) is 8.78. The van der Waals surface area contributed by atoms with Gasteiger partial charge in [0.2, 0.25) is 0 Å². The van der Waals surface area contributed by atoms with E-state index in [9.17, 15) is 9.59 Å². The average molecular weight is 478 g/mol. The first kappa shape index (κ1) is 23.1. The predicted octanol–water partition coefficient (Wildman–Crippen LogP) is 3.60. The molecule has 3 N–H and O–H groups in total. The molecule has 3 amide bonds. The van der Waals surface area contributed by atoms with Crippen molar-refractivity contribution >= 4 is 34.9 Å². The minimum Gasteiger partial charge on any atom is -0.378 e. The van der Waals surface area contributed by atoms with Gasteiger partial charge in [-0.15, -0.1) is 0 Å².